The molecule has 13 heteroatoms. The summed E-state index contributed by atoms with van der Waals surface area (Å²) in [6.45, 7) is 2.23. The number of aromatic nitrogens is 6. The Bertz CT molecular complexity index is 1690. The molecule has 9 nitrogen and oxygen atoms in total. The summed E-state index contributed by atoms with van der Waals surface area (Å²) < 4.78 is 58.7. The van der Waals surface area contributed by atoms with Crippen molar-refractivity contribution in [3.8, 4) is 10.7 Å². The second-order valence-corrected chi connectivity index (χ2v) is 11.6. The summed E-state index contributed by atoms with van der Waals surface area (Å²) in [4.78, 5) is 4.21. The van der Waals surface area contributed by atoms with Crippen LogP contribution < -0.4 is 4.72 Å². The van der Waals surface area contributed by atoms with Gasteiger partial charge in [-0.15, -0.1) is 10.2 Å². The molecule has 4 heterocycles. The van der Waals surface area contributed by atoms with Crippen LogP contribution in [0.4, 0.5) is 8.78 Å². The predicted molar refractivity (Wildman–Crippen MR) is 126 cm³/mol. The van der Waals surface area contributed by atoms with Crippen molar-refractivity contribution in [2.45, 2.75) is 43.2 Å². The molecule has 1 aromatic carbocycles. The number of benzene rings is 1. The summed E-state index contributed by atoms with van der Waals surface area (Å²) in [5.41, 5.74) is 2.40. The molecule has 1 N–H and O–H groups in total. The van der Waals surface area contributed by atoms with Gasteiger partial charge in [-0.25, -0.2) is 26.9 Å². The fourth-order valence-corrected chi connectivity index (χ4v) is 6.12. The van der Waals surface area contributed by atoms with Gasteiger partial charge in [-0.2, -0.15) is 5.10 Å². The largest absolute Gasteiger partial charge is 0.306 e. The van der Waals surface area contributed by atoms with Gasteiger partial charge in [-0.3, -0.25) is 4.68 Å². The molecule has 6 rings (SSSR count). The Balaban J connectivity index is 1.47. The van der Waals surface area contributed by atoms with Crippen molar-refractivity contribution in [2.75, 3.05) is 0 Å². The van der Waals surface area contributed by atoms with E-state index in [1.807, 2.05) is 29.7 Å². The van der Waals surface area contributed by atoms with E-state index in [0.717, 1.165) is 35.3 Å². The van der Waals surface area contributed by atoms with E-state index in [9.17, 15) is 17.2 Å². The standard InChI is InChI=1S/C22H19F2N7O2S2/c1-22(6-7-22)29-35(32,33)15-4-5-17-16(8-15)18(20-26-27-21(34-20)19(23)24)28-31(17)11-13-2-3-14-9-25-12-30(14)10-13/h2-5,8-10,12,19,29H,6-7,11H2,1H3. The first kappa shape index (κ1) is 22.2. The monoisotopic (exact) mass is 515 g/mol. The Kier molecular flexibility index (Phi) is 4.99. The third kappa shape index (κ3) is 4.09. The maximum absolute atomic E-state index is 13.2. The van der Waals surface area contributed by atoms with Crippen molar-refractivity contribution >= 4 is 37.8 Å². The summed E-state index contributed by atoms with van der Waals surface area (Å²) in [6, 6.07) is 8.61. The maximum Gasteiger partial charge on any atom is 0.291 e. The van der Waals surface area contributed by atoms with Gasteiger partial charge in [0.2, 0.25) is 10.0 Å². The molecule has 0 atom stereocenters. The van der Waals surface area contributed by atoms with E-state index in [2.05, 4.69) is 25.0 Å². The van der Waals surface area contributed by atoms with Crippen molar-refractivity contribution in [3.05, 3.63) is 59.6 Å². The highest BCUT2D eigenvalue weighted by atomic mass is 32.2. The van der Waals surface area contributed by atoms with E-state index < -0.39 is 27.0 Å². The lowest BCUT2D eigenvalue weighted by atomic mass is 10.2. The molecule has 4 aromatic heterocycles. The minimum absolute atomic E-state index is 0.0809. The number of sulfonamides is 1. The van der Waals surface area contributed by atoms with Crippen molar-refractivity contribution < 1.29 is 17.2 Å². The van der Waals surface area contributed by atoms with Crippen LogP contribution in [-0.4, -0.2) is 43.3 Å². The smallest absolute Gasteiger partial charge is 0.291 e. The Morgan fingerprint density at radius 2 is 2.03 bits per heavy atom. The third-order valence-electron chi connectivity index (χ3n) is 6.04. The molecular formula is C22H19F2N7O2S2. The average Bonchev–Trinajstić information content (AvgIpc) is 3.24. The zero-order valence-electron chi connectivity index (χ0n) is 18.4. The first-order valence-electron chi connectivity index (χ1n) is 10.8. The highest BCUT2D eigenvalue weighted by molar-refractivity contribution is 7.89. The molecule has 0 amide bonds. The van der Waals surface area contributed by atoms with Crippen molar-refractivity contribution in [1.82, 2.24) is 34.1 Å². The van der Waals surface area contributed by atoms with Gasteiger partial charge in [-0.1, -0.05) is 17.4 Å². The SMILES string of the molecule is CC1(NS(=O)(=O)c2ccc3c(c2)c(-c2nnc(C(F)F)s2)nn3Cc2ccc3cncn3c2)CC1. The molecule has 0 unspecified atom stereocenters. The molecule has 35 heavy (non-hydrogen) atoms. The van der Waals surface area contributed by atoms with Gasteiger partial charge in [0, 0.05) is 17.1 Å². The highest BCUT2D eigenvalue weighted by Crippen LogP contribution is 2.37. The number of imidazole rings is 1. The minimum atomic E-state index is -3.77. The lowest BCUT2D eigenvalue weighted by Gasteiger charge is -2.12. The second kappa shape index (κ2) is 7.86. The Morgan fingerprint density at radius 3 is 2.77 bits per heavy atom. The fourth-order valence-electron chi connectivity index (χ4n) is 3.93. The number of nitrogens with one attached hydrogen (secondary N) is 1. The lowest BCUT2D eigenvalue weighted by Crippen LogP contribution is -2.34. The van der Waals surface area contributed by atoms with Crippen LogP contribution in [0.2, 0.25) is 0 Å². The summed E-state index contributed by atoms with van der Waals surface area (Å²) >= 11 is 0.739. The van der Waals surface area contributed by atoms with E-state index in [1.54, 1.807) is 23.3 Å². The molecule has 1 aliphatic carbocycles. The molecule has 1 fully saturated rings. The molecular weight excluding hydrogens is 496 g/mol. The summed E-state index contributed by atoms with van der Waals surface area (Å²) in [6.07, 6.45) is 4.17. The average molecular weight is 516 g/mol. The Morgan fingerprint density at radius 1 is 1.20 bits per heavy atom. The Hall–Kier alpha value is -3.29. The van der Waals surface area contributed by atoms with Crippen molar-refractivity contribution in [3.63, 3.8) is 0 Å². The predicted octanol–water partition coefficient (Wildman–Crippen LogP) is 4.02. The lowest BCUT2D eigenvalue weighted by molar-refractivity contribution is 0.150. The van der Waals surface area contributed by atoms with Gasteiger partial charge in [0.15, 0.2) is 10.0 Å². The fraction of sp³-hybridized carbons (Fsp3) is 0.273. The van der Waals surface area contributed by atoms with Crippen LogP contribution in [0.25, 0.3) is 27.1 Å². The van der Waals surface area contributed by atoms with E-state index in [4.69, 9.17) is 0 Å². The van der Waals surface area contributed by atoms with Gasteiger partial charge in [-0.05, 0) is 49.6 Å². The van der Waals surface area contributed by atoms with Crippen molar-refractivity contribution in [2.24, 2.45) is 0 Å². The second-order valence-electron chi connectivity index (χ2n) is 8.86. The van der Waals surface area contributed by atoms with Crippen LogP contribution in [0.5, 0.6) is 0 Å². The van der Waals surface area contributed by atoms with Gasteiger partial charge in [0.05, 0.1) is 35.0 Å². The van der Waals surface area contributed by atoms with Crippen LogP contribution in [-0.2, 0) is 16.6 Å². The number of pyridine rings is 1. The maximum atomic E-state index is 13.2. The number of nitrogens with zero attached hydrogens (tertiary/aromatic N) is 6. The zero-order valence-corrected chi connectivity index (χ0v) is 20.0. The first-order chi connectivity index (χ1) is 16.7. The number of hydrogen-bond acceptors (Lipinski definition) is 7. The third-order valence-corrected chi connectivity index (χ3v) is 8.62. The van der Waals surface area contributed by atoms with Crippen LogP contribution in [0.15, 0.2) is 53.9 Å². The van der Waals surface area contributed by atoms with Gasteiger partial charge >= 0.3 is 0 Å². The number of fused-ring (bicyclic) bond motifs is 2. The molecule has 5 aromatic rings. The molecule has 0 radical (unpaired) electrons. The van der Waals surface area contributed by atoms with E-state index in [-0.39, 0.29) is 9.90 Å². The molecule has 0 bridgehead atoms. The highest BCUT2D eigenvalue weighted by Gasteiger charge is 2.41. The van der Waals surface area contributed by atoms with Crippen LogP contribution in [0.3, 0.4) is 0 Å². The van der Waals surface area contributed by atoms with Crippen LogP contribution in [0.1, 0.15) is 36.8 Å². The van der Waals surface area contributed by atoms with E-state index >= 15 is 0 Å². The van der Waals surface area contributed by atoms with Gasteiger partial charge in [0.1, 0.15) is 5.69 Å². The molecule has 1 aliphatic rings. The molecule has 0 aliphatic heterocycles. The topological polar surface area (TPSA) is 107 Å². The number of halogens is 2. The number of alkyl halides is 2. The van der Waals surface area contributed by atoms with Gasteiger partial charge in [0.25, 0.3) is 6.43 Å². The Labute approximate surface area is 202 Å². The number of hydrogen-bond donors (Lipinski definition) is 1. The summed E-state index contributed by atoms with van der Waals surface area (Å²) in [5, 5.41) is 12.4. The number of rotatable bonds is 7. The normalized spacial score (nSPS) is 15.4. The summed E-state index contributed by atoms with van der Waals surface area (Å²) in [7, 11) is -3.77. The molecule has 1 saturated carbocycles. The van der Waals surface area contributed by atoms with Crippen LogP contribution in [0, 0.1) is 0 Å². The zero-order chi connectivity index (χ0) is 24.4. The molecule has 0 spiro atoms. The van der Waals surface area contributed by atoms with E-state index in [1.165, 1.54) is 12.1 Å². The quantitative estimate of drug-likeness (QED) is 0.351. The molecule has 0 saturated heterocycles. The minimum Gasteiger partial charge on any atom is -0.306 e. The summed E-state index contributed by atoms with van der Waals surface area (Å²) in [5.74, 6) is 0. The first-order valence-corrected chi connectivity index (χ1v) is 13.1. The van der Waals surface area contributed by atoms with Crippen molar-refractivity contribution in [1.29, 1.82) is 0 Å². The molecule has 180 valence electrons. The van der Waals surface area contributed by atoms with Gasteiger partial charge < -0.3 is 4.40 Å². The van der Waals surface area contributed by atoms with Crippen LogP contribution >= 0.6 is 11.3 Å². The van der Waals surface area contributed by atoms with E-state index in [0.29, 0.717) is 23.1 Å².